The molecular formula is C28H28F3NO4. The number of aromatic nitrogens is 1. The first-order valence-electron chi connectivity index (χ1n) is 12.0. The number of carbonyl (C=O) groups is 1. The molecule has 0 spiro atoms. The highest BCUT2D eigenvalue weighted by Gasteiger charge is 2.40. The topological polar surface area (TPSA) is 68.7 Å². The van der Waals surface area contributed by atoms with Gasteiger partial charge in [0.15, 0.2) is 6.10 Å². The third kappa shape index (κ3) is 5.23. The number of carboxylic acids is 1. The Hall–Kier alpha value is -3.39. The first-order chi connectivity index (χ1) is 17.2. The molecule has 1 N–H and O–H groups in total. The van der Waals surface area contributed by atoms with Crippen LogP contribution >= 0.6 is 0 Å². The Morgan fingerprint density at radius 3 is 2.64 bits per heavy atom. The van der Waals surface area contributed by atoms with Gasteiger partial charge in [-0.05, 0) is 84.3 Å². The molecule has 5 nitrogen and oxygen atoms in total. The van der Waals surface area contributed by atoms with Crippen molar-refractivity contribution in [2.75, 3.05) is 13.2 Å². The SMILES string of the molecule is CCCc1cc(-c2ccc(C(F)(F)F)c(C(OCC)C(=O)O)c2-c2ccc3c(c2)CCCO3)ccn1. The van der Waals surface area contributed by atoms with Gasteiger partial charge in [0.05, 0.1) is 12.2 Å². The number of nitrogens with zero attached hydrogens (tertiary/aromatic N) is 1. The summed E-state index contributed by atoms with van der Waals surface area (Å²) < 4.78 is 54.0. The van der Waals surface area contributed by atoms with Crippen LogP contribution < -0.4 is 4.74 Å². The molecule has 4 rings (SSSR count). The zero-order valence-corrected chi connectivity index (χ0v) is 20.2. The van der Waals surface area contributed by atoms with E-state index in [0.29, 0.717) is 35.5 Å². The maximum Gasteiger partial charge on any atom is 0.416 e. The number of hydrogen-bond donors (Lipinski definition) is 1. The number of aryl methyl sites for hydroxylation is 2. The Morgan fingerprint density at radius 1 is 1.14 bits per heavy atom. The fourth-order valence-corrected chi connectivity index (χ4v) is 4.69. The Kier molecular flexibility index (Phi) is 7.64. The molecule has 1 unspecified atom stereocenters. The number of fused-ring (bicyclic) bond motifs is 1. The number of pyridine rings is 1. The first-order valence-corrected chi connectivity index (χ1v) is 12.0. The standard InChI is InChI=1S/C28H28F3NO4/c1-3-6-20-16-17(12-13-32-20)21-9-10-22(28(29,30)31)25(26(27(33)34)35-4-2)24(21)19-8-11-23-18(15-19)7-5-14-36-23/h8-13,15-16,26H,3-7,14H2,1-2H3,(H,33,34). The van der Waals surface area contributed by atoms with Crippen LogP contribution in [0.15, 0.2) is 48.7 Å². The molecule has 0 amide bonds. The summed E-state index contributed by atoms with van der Waals surface area (Å²) in [5, 5.41) is 9.96. The highest BCUT2D eigenvalue weighted by atomic mass is 19.4. The van der Waals surface area contributed by atoms with Gasteiger partial charge in [0.2, 0.25) is 0 Å². The number of carboxylic acid groups (broad SMARTS) is 1. The quantitative estimate of drug-likeness (QED) is 0.366. The lowest BCUT2D eigenvalue weighted by atomic mass is 9.84. The monoisotopic (exact) mass is 499 g/mol. The smallest absolute Gasteiger partial charge is 0.416 e. The molecule has 8 heteroatoms. The van der Waals surface area contributed by atoms with E-state index in [4.69, 9.17) is 9.47 Å². The van der Waals surface area contributed by atoms with Crippen LogP contribution in [0.5, 0.6) is 5.75 Å². The molecule has 0 aliphatic carbocycles. The predicted molar refractivity (Wildman–Crippen MR) is 130 cm³/mol. The third-order valence-corrected chi connectivity index (χ3v) is 6.20. The number of halogens is 3. The fraction of sp³-hybridized carbons (Fsp3) is 0.357. The van der Waals surface area contributed by atoms with Crippen molar-refractivity contribution in [1.82, 2.24) is 4.98 Å². The lowest BCUT2D eigenvalue weighted by molar-refractivity contribution is -0.152. The molecule has 3 aromatic rings. The largest absolute Gasteiger partial charge is 0.493 e. The minimum atomic E-state index is -4.78. The van der Waals surface area contributed by atoms with Gasteiger partial charge in [-0.3, -0.25) is 4.98 Å². The zero-order chi connectivity index (χ0) is 25.9. The highest BCUT2D eigenvalue weighted by Crippen LogP contribution is 2.46. The van der Waals surface area contributed by atoms with Gasteiger partial charge in [0.25, 0.3) is 0 Å². The maximum absolute atomic E-state index is 14.3. The van der Waals surface area contributed by atoms with Crippen molar-refractivity contribution < 1.29 is 32.5 Å². The molecule has 36 heavy (non-hydrogen) atoms. The second-order valence-corrected chi connectivity index (χ2v) is 8.68. The van der Waals surface area contributed by atoms with Gasteiger partial charge in [-0.2, -0.15) is 13.2 Å². The van der Waals surface area contributed by atoms with E-state index in [1.54, 1.807) is 37.4 Å². The van der Waals surface area contributed by atoms with Crippen LogP contribution in [0.25, 0.3) is 22.3 Å². The predicted octanol–water partition coefficient (Wildman–Crippen LogP) is 6.87. The number of rotatable bonds is 8. The number of aliphatic carboxylic acids is 1. The van der Waals surface area contributed by atoms with Crippen LogP contribution in [0.1, 0.15) is 55.2 Å². The Balaban J connectivity index is 2.08. The van der Waals surface area contributed by atoms with Crippen molar-refractivity contribution in [3.8, 4) is 28.0 Å². The number of hydrogen-bond acceptors (Lipinski definition) is 4. The van der Waals surface area contributed by atoms with Crippen molar-refractivity contribution in [2.45, 2.75) is 51.8 Å². The van der Waals surface area contributed by atoms with E-state index in [1.807, 2.05) is 13.0 Å². The first kappa shape index (κ1) is 25.7. The van der Waals surface area contributed by atoms with Crippen molar-refractivity contribution in [3.63, 3.8) is 0 Å². The normalized spacial score (nSPS) is 14.1. The molecule has 0 fully saturated rings. The summed E-state index contributed by atoms with van der Waals surface area (Å²) in [6.45, 7) is 4.09. The van der Waals surface area contributed by atoms with Crippen LogP contribution in [0, 0.1) is 0 Å². The average Bonchev–Trinajstić information content (AvgIpc) is 2.86. The minimum absolute atomic E-state index is 0.0636. The van der Waals surface area contributed by atoms with E-state index in [-0.39, 0.29) is 12.2 Å². The second kappa shape index (κ2) is 10.7. The molecule has 2 aromatic carbocycles. The Labute approximate surface area is 207 Å². The van der Waals surface area contributed by atoms with Gasteiger partial charge in [0.1, 0.15) is 5.75 Å². The zero-order valence-electron chi connectivity index (χ0n) is 20.2. The highest BCUT2D eigenvalue weighted by molar-refractivity contribution is 5.91. The van der Waals surface area contributed by atoms with Gasteiger partial charge in [-0.1, -0.05) is 25.5 Å². The van der Waals surface area contributed by atoms with Crippen molar-refractivity contribution in [2.24, 2.45) is 0 Å². The van der Waals surface area contributed by atoms with Gasteiger partial charge in [0, 0.05) is 24.1 Å². The summed E-state index contributed by atoms with van der Waals surface area (Å²) in [7, 11) is 0. The summed E-state index contributed by atoms with van der Waals surface area (Å²) in [5.74, 6) is -0.794. The summed E-state index contributed by atoms with van der Waals surface area (Å²) in [4.78, 5) is 16.6. The Morgan fingerprint density at radius 2 is 1.94 bits per heavy atom. The van der Waals surface area contributed by atoms with Crippen molar-refractivity contribution >= 4 is 5.97 Å². The van der Waals surface area contributed by atoms with E-state index in [1.165, 1.54) is 6.07 Å². The lowest BCUT2D eigenvalue weighted by Gasteiger charge is -2.26. The molecule has 1 aromatic heterocycles. The summed E-state index contributed by atoms with van der Waals surface area (Å²) in [5.41, 5.74) is 2.06. The molecule has 0 saturated heterocycles. The van der Waals surface area contributed by atoms with Crippen LogP contribution in [0.3, 0.4) is 0 Å². The van der Waals surface area contributed by atoms with Gasteiger partial charge in [-0.15, -0.1) is 0 Å². The molecule has 1 aliphatic rings. The van der Waals surface area contributed by atoms with E-state index in [2.05, 4.69) is 4.98 Å². The Bertz CT molecular complexity index is 1260. The summed E-state index contributed by atoms with van der Waals surface area (Å²) in [6, 6.07) is 11.2. The molecule has 0 saturated carbocycles. The van der Waals surface area contributed by atoms with Crippen LogP contribution in [0.4, 0.5) is 13.2 Å². The number of benzene rings is 2. The van der Waals surface area contributed by atoms with Gasteiger partial charge >= 0.3 is 12.1 Å². The molecule has 0 bridgehead atoms. The lowest BCUT2D eigenvalue weighted by Crippen LogP contribution is -2.22. The van der Waals surface area contributed by atoms with E-state index in [9.17, 15) is 23.1 Å². The fourth-order valence-electron chi connectivity index (χ4n) is 4.69. The van der Waals surface area contributed by atoms with E-state index in [0.717, 1.165) is 36.6 Å². The molecule has 0 radical (unpaired) electrons. The average molecular weight is 500 g/mol. The molecular weight excluding hydrogens is 471 g/mol. The number of ether oxygens (including phenoxy) is 2. The van der Waals surface area contributed by atoms with Gasteiger partial charge in [-0.25, -0.2) is 4.79 Å². The van der Waals surface area contributed by atoms with Crippen LogP contribution in [-0.4, -0.2) is 29.3 Å². The molecule has 1 atom stereocenters. The number of alkyl halides is 3. The third-order valence-electron chi connectivity index (χ3n) is 6.20. The molecule has 2 heterocycles. The summed E-state index contributed by atoms with van der Waals surface area (Å²) >= 11 is 0. The molecule has 1 aliphatic heterocycles. The van der Waals surface area contributed by atoms with Crippen molar-refractivity contribution in [1.29, 1.82) is 0 Å². The van der Waals surface area contributed by atoms with Crippen molar-refractivity contribution in [3.05, 3.63) is 71.0 Å². The van der Waals surface area contributed by atoms with E-state index >= 15 is 0 Å². The molecule has 190 valence electrons. The summed E-state index contributed by atoms with van der Waals surface area (Å²) in [6.07, 6.45) is -1.88. The van der Waals surface area contributed by atoms with Gasteiger partial charge < -0.3 is 14.6 Å². The van der Waals surface area contributed by atoms with E-state index < -0.39 is 29.4 Å². The maximum atomic E-state index is 14.3. The van der Waals surface area contributed by atoms with Crippen LogP contribution in [-0.2, 0) is 28.5 Å². The van der Waals surface area contributed by atoms with Crippen LogP contribution in [0.2, 0.25) is 0 Å². The minimum Gasteiger partial charge on any atom is -0.493 e. The second-order valence-electron chi connectivity index (χ2n) is 8.68.